The first-order valence-electron chi connectivity index (χ1n) is 8.33. The molecule has 1 aliphatic carbocycles. The Bertz CT molecular complexity index is 252. The zero-order valence-corrected chi connectivity index (χ0v) is 14.0. The maximum Gasteiger partial charge on any atom is 0.0328 e. The van der Waals surface area contributed by atoms with E-state index in [2.05, 4.69) is 39.6 Å². The molecule has 0 aliphatic heterocycles. The fourth-order valence-corrected chi connectivity index (χ4v) is 3.60. The fourth-order valence-electron chi connectivity index (χ4n) is 3.60. The summed E-state index contributed by atoms with van der Waals surface area (Å²) in [6.45, 7) is 11.5. The van der Waals surface area contributed by atoms with E-state index in [1.54, 1.807) is 0 Å². The van der Waals surface area contributed by atoms with Crippen molar-refractivity contribution in [3.05, 3.63) is 0 Å². The molecule has 0 aromatic rings. The van der Waals surface area contributed by atoms with Crippen LogP contribution in [-0.2, 0) is 0 Å². The molecule has 2 nitrogen and oxygen atoms in total. The van der Waals surface area contributed by atoms with Crippen molar-refractivity contribution in [3.8, 4) is 0 Å². The highest BCUT2D eigenvalue weighted by Crippen LogP contribution is 2.44. The molecule has 0 saturated heterocycles. The Morgan fingerprint density at radius 2 is 1.79 bits per heavy atom. The van der Waals surface area contributed by atoms with Gasteiger partial charge in [0.1, 0.15) is 0 Å². The van der Waals surface area contributed by atoms with Crippen LogP contribution < -0.4 is 5.73 Å². The van der Waals surface area contributed by atoms with E-state index in [1.807, 2.05) is 0 Å². The second-order valence-electron chi connectivity index (χ2n) is 7.32. The summed E-state index contributed by atoms with van der Waals surface area (Å²) in [6, 6.07) is 0. The Morgan fingerprint density at radius 3 is 2.21 bits per heavy atom. The summed E-state index contributed by atoms with van der Waals surface area (Å²) in [6.07, 6.45) is 9.15. The normalized spacial score (nSPS) is 28.9. The third-order valence-corrected chi connectivity index (χ3v) is 5.97. The first-order valence-corrected chi connectivity index (χ1v) is 8.33. The van der Waals surface area contributed by atoms with Crippen LogP contribution in [0, 0.1) is 11.3 Å². The molecule has 1 fully saturated rings. The lowest BCUT2D eigenvalue weighted by Gasteiger charge is -2.49. The molecule has 0 unspecified atom stereocenters. The smallest absolute Gasteiger partial charge is 0.0328 e. The molecule has 2 N–H and O–H groups in total. The van der Waals surface area contributed by atoms with Crippen LogP contribution in [0.1, 0.15) is 72.6 Å². The van der Waals surface area contributed by atoms with E-state index >= 15 is 0 Å². The summed E-state index contributed by atoms with van der Waals surface area (Å²) >= 11 is 0. The Morgan fingerprint density at radius 1 is 1.21 bits per heavy atom. The van der Waals surface area contributed by atoms with Gasteiger partial charge in [-0.15, -0.1) is 0 Å². The van der Waals surface area contributed by atoms with Crippen LogP contribution in [0.3, 0.4) is 0 Å². The highest BCUT2D eigenvalue weighted by molar-refractivity contribution is 4.97. The minimum Gasteiger partial charge on any atom is -0.329 e. The van der Waals surface area contributed by atoms with Crippen LogP contribution in [0.15, 0.2) is 0 Å². The molecule has 0 radical (unpaired) electrons. The van der Waals surface area contributed by atoms with Gasteiger partial charge in [0, 0.05) is 12.1 Å². The Balaban J connectivity index is 2.61. The first-order chi connectivity index (χ1) is 8.91. The second-order valence-corrected chi connectivity index (χ2v) is 7.32. The molecule has 1 aliphatic rings. The molecule has 114 valence electrons. The predicted octanol–water partition coefficient (Wildman–Crippen LogP) is 4.04. The predicted molar refractivity (Wildman–Crippen MR) is 85.4 cm³/mol. The van der Waals surface area contributed by atoms with Gasteiger partial charge in [-0.2, -0.15) is 0 Å². The number of nitrogens with two attached hydrogens (primary N) is 1. The summed E-state index contributed by atoms with van der Waals surface area (Å²) in [5, 5.41) is 0. The quantitative estimate of drug-likeness (QED) is 0.755. The van der Waals surface area contributed by atoms with Crippen molar-refractivity contribution in [3.63, 3.8) is 0 Å². The van der Waals surface area contributed by atoms with Crippen LogP contribution in [0.4, 0.5) is 0 Å². The van der Waals surface area contributed by atoms with Crippen molar-refractivity contribution in [1.29, 1.82) is 0 Å². The number of likely N-dealkylation sites (N-methyl/N-ethyl adjacent to an activating group) is 1. The van der Waals surface area contributed by atoms with Crippen LogP contribution in [0.5, 0.6) is 0 Å². The van der Waals surface area contributed by atoms with Crippen molar-refractivity contribution in [2.75, 3.05) is 20.1 Å². The number of rotatable bonds is 7. The molecule has 1 rings (SSSR count). The molecule has 2 heteroatoms. The number of unbranched alkanes of at least 4 members (excludes halogenated alkanes) is 1. The number of hydrogen-bond acceptors (Lipinski definition) is 2. The van der Waals surface area contributed by atoms with E-state index in [0.717, 1.165) is 12.5 Å². The molecule has 0 heterocycles. The van der Waals surface area contributed by atoms with Crippen LogP contribution >= 0.6 is 0 Å². The van der Waals surface area contributed by atoms with Crippen molar-refractivity contribution in [2.45, 2.75) is 78.2 Å². The van der Waals surface area contributed by atoms with Gasteiger partial charge in [0.05, 0.1) is 0 Å². The third kappa shape index (κ3) is 3.95. The van der Waals surface area contributed by atoms with Gasteiger partial charge in [0.15, 0.2) is 0 Å². The summed E-state index contributed by atoms with van der Waals surface area (Å²) in [7, 11) is 2.29. The van der Waals surface area contributed by atoms with Gasteiger partial charge in [0.25, 0.3) is 0 Å². The van der Waals surface area contributed by atoms with E-state index in [0.29, 0.717) is 5.41 Å². The van der Waals surface area contributed by atoms with Gasteiger partial charge >= 0.3 is 0 Å². The van der Waals surface area contributed by atoms with Gasteiger partial charge in [-0.3, -0.25) is 4.90 Å². The second kappa shape index (κ2) is 7.08. The van der Waals surface area contributed by atoms with E-state index in [1.165, 1.54) is 51.5 Å². The summed E-state index contributed by atoms with van der Waals surface area (Å²) in [5.74, 6) is 0.886. The summed E-state index contributed by atoms with van der Waals surface area (Å²) < 4.78 is 0. The Labute approximate surface area is 121 Å². The average molecular weight is 268 g/mol. The monoisotopic (exact) mass is 268 g/mol. The van der Waals surface area contributed by atoms with Crippen LogP contribution in [-0.4, -0.2) is 30.6 Å². The molecular formula is C17H36N2. The lowest BCUT2D eigenvalue weighted by Crippen LogP contribution is -2.55. The van der Waals surface area contributed by atoms with Crippen molar-refractivity contribution in [2.24, 2.45) is 17.1 Å². The van der Waals surface area contributed by atoms with E-state index in [9.17, 15) is 0 Å². The maximum absolute atomic E-state index is 6.16. The van der Waals surface area contributed by atoms with Gasteiger partial charge in [0.2, 0.25) is 0 Å². The van der Waals surface area contributed by atoms with Gasteiger partial charge in [-0.25, -0.2) is 0 Å². The summed E-state index contributed by atoms with van der Waals surface area (Å²) in [5.41, 5.74) is 6.95. The largest absolute Gasteiger partial charge is 0.329 e. The van der Waals surface area contributed by atoms with Gasteiger partial charge in [-0.1, -0.05) is 40.5 Å². The molecule has 0 spiro atoms. The molecule has 0 atom stereocenters. The maximum atomic E-state index is 6.16. The highest BCUT2D eigenvalue weighted by Gasteiger charge is 2.40. The lowest BCUT2D eigenvalue weighted by atomic mass is 9.65. The molecule has 0 amide bonds. The van der Waals surface area contributed by atoms with Crippen LogP contribution in [0.25, 0.3) is 0 Å². The Kier molecular flexibility index (Phi) is 6.32. The average Bonchev–Trinajstić information content (AvgIpc) is 2.44. The van der Waals surface area contributed by atoms with Crippen LogP contribution in [0.2, 0.25) is 0 Å². The minimum absolute atomic E-state index is 0.287. The van der Waals surface area contributed by atoms with E-state index < -0.39 is 0 Å². The SMILES string of the molecule is CCCCN(C)C1(CN)CCC(C(C)(C)CC)CC1. The lowest BCUT2D eigenvalue weighted by molar-refractivity contribution is 0.0316. The molecule has 0 aromatic carbocycles. The van der Waals surface area contributed by atoms with E-state index in [4.69, 9.17) is 5.73 Å². The number of hydrogen-bond donors (Lipinski definition) is 1. The third-order valence-electron chi connectivity index (χ3n) is 5.97. The molecule has 19 heavy (non-hydrogen) atoms. The zero-order valence-electron chi connectivity index (χ0n) is 14.0. The Hall–Kier alpha value is -0.0800. The van der Waals surface area contributed by atoms with Crippen molar-refractivity contribution >= 4 is 0 Å². The first kappa shape index (κ1) is 17.0. The fraction of sp³-hybridized carbons (Fsp3) is 1.00. The van der Waals surface area contributed by atoms with Gasteiger partial charge < -0.3 is 5.73 Å². The molecule has 0 bridgehead atoms. The standard InChI is InChI=1S/C17H36N2/c1-6-8-13-19(5)17(14-18)11-9-15(10-12-17)16(3,4)7-2/h15H,6-14,18H2,1-5H3. The highest BCUT2D eigenvalue weighted by atomic mass is 15.2. The van der Waals surface area contributed by atoms with Crippen molar-refractivity contribution in [1.82, 2.24) is 4.90 Å². The minimum atomic E-state index is 0.287. The zero-order chi connectivity index (χ0) is 14.5. The topological polar surface area (TPSA) is 29.3 Å². The van der Waals surface area contributed by atoms with Gasteiger partial charge in [-0.05, 0) is 57.0 Å². The molecule has 1 saturated carbocycles. The molecular weight excluding hydrogens is 232 g/mol. The number of nitrogens with zero attached hydrogens (tertiary/aromatic N) is 1. The van der Waals surface area contributed by atoms with E-state index in [-0.39, 0.29) is 5.54 Å². The van der Waals surface area contributed by atoms with Crippen molar-refractivity contribution < 1.29 is 0 Å². The summed E-state index contributed by atoms with van der Waals surface area (Å²) in [4.78, 5) is 2.56. The molecule has 0 aromatic heterocycles.